The molecule has 0 aromatic carbocycles. The van der Waals surface area contributed by atoms with Crippen molar-refractivity contribution >= 4 is 28.5 Å². The Morgan fingerprint density at radius 2 is 1.85 bits per heavy atom. The van der Waals surface area contributed by atoms with E-state index < -0.39 is 6.09 Å². The summed E-state index contributed by atoms with van der Waals surface area (Å²) in [7, 11) is 0. The smallest absolute Gasteiger partial charge is 0.407 e. The zero-order valence-electron chi connectivity index (χ0n) is 18.9. The van der Waals surface area contributed by atoms with Gasteiger partial charge in [0.25, 0.3) is 0 Å². The van der Waals surface area contributed by atoms with E-state index in [1.54, 1.807) is 6.20 Å². The number of nitrogens with zero attached hydrogens (tertiary/aromatic N) is 5. The van der Waals surface area contributed by atoms with Crippen LogP contribution >= 0.6 is 0 Å². The highest BCUT2D eigenvalue weighted by atomic mass is 16.4. The number of fused-ring (bicyclic) bond motifs is 1. The van der Waals surface area contributed by atoms with E-state index in [2.05, 4.69) is 39.2 Å². The summed E-state index contributed by atoms with van der Waals surface area (Å²) in [6.45, 7) is 4.50. The minimum Gasteiger partial charge on any atom is -0.465 e. The lowest BCUT2D eigenvalue weighted by molar-refractivity contribution is 0.142. The molecule has 1 saturated carbocycles. The first kappa shape index (κ1) is 21.4. The van der Waals surface area contributed by atoms with E-state index in [1.165, 1.54) is 30.6 Å². The summed E-state index contributed by atoms with van der Waals surface area (Å²) in [6, 6.07) is 8.59. The standard InChI is InChI=1S/C25H30N6O2/c1-17-2-4-20(5-3-17)28-23-15-18(6-9-27-23)22-14-19-16-26-8-7-21(19)24(29-22)30-10-12-31(13-11-30)25(32)33/h6-9,14-17,20H,2-5,10-13H2,1H3,(H,27,28)(H,32,33). The largest absolute Gasteiger partial charge is 0.465 e. The fourth-order valence-electron chi connectivity index (χ4n) is 4.86. The molecule has 172 valence electrons. The van der Waals surface area contributed by atoms with Crippen LogP contribution in [0.25, 0.3) is 22.0 Å². The number of piperazine rings is 1. The molecule has 1 aliphatic heterocycles. The Bertz CT molecular complexity index is 1140. The first-order valence-corrected chi connectivity index (χ1v) is 11.8. The predicted molar refractivity (Wildman–Crippen MR) is 130 cm³/mol. The van der Waals surface area contributed by atoms with Crippen LogP contribution in [0.2, 0.25) is 0 Å². The second-order valence-corrected chi connectivity index (χ2v) is 9.22. The van der Waals surface area contributed by atoms with Crippen LogP contribution in [0.1, 0.15) is 32.6 Å². The minimum atomic E-state index is -0.866. The van der Waals surface area contributed by atoms with Crippen LogP contribution in [0.15, 0.2) is 42.9 Å². The van der Waals surface area contributed by atoms with Gasteiger partial charge in [-0.25, -0.2) is 14.8 Å². The van der Waals surface area contributed by atoms with Crippen LogP contribution in [-0.2, 0) is 0 Å². The fourth-order valence-corrected chi connectivity index (χ4v) is 4.86. The third-order valence-corrected chi connectivity index (χ3v) is 6.88. The summed E-state index contributed by atoms with van der Waals surface area (Å²) in [4.78, 5) is 28.8. The minimum absolute atomic E-state index is 0.469. The number of carbonyl (C=O) groups is 1. The van der Waals surface area contributed by atoms with E-state index in [0.717, 1.165) is 39.6 Å². The Labute approximate surface area is 193 Å². The van der Waals surface area contributed by atoms with Crippen molar-refractivity contribution in [3.63, 3.8) is 0 Å². The average Bonchev–Trinajstić information content (AvgIpc) is 2.85. The molecule has 4 heterocycles. The van der Waals surface area contributed by atoms with Crippen molar-refractivity contribution in [2.75, 3.05) is 36.4 Å². The molecule has 0 unspecified atom stereocenters. The summed E-state index contributed by atoms with van der Waals surface area (Å²) >= 11 is 0. The van der Waals surface area contributed by atoms with Crippen LogP contribution in [0.4, 0.5) is 16.4 Å². The van der Waals surface area contributed by atoms with Crippen molar-refractivity contribution in [1.82, 2.24) is 19.9 Å². The van der Waals surface area contributed by atoms with Gasteiger partial charge in [-0.3, -0.25) is 4.98 Å². The highest BCUT2D eigenvalue weighted by molar-refractivity contribution is 5.94. The Morgan fingerprint density at radius 3 is 2.61 bits per heavy atom. The second kappa shape index (κ2) is 9.21. The van der Waals surface area contributed by atoms with Crippen LogP contribution in [0, 0.1) is 5.92 Å². The second-order valence-electron chi connectivity index (χ2n) is 9.22. The predicted octanol–water partition coefficient (Wildman–Crippen LogP) is 4.48. The SMILES string of the molecule is CC1CCC(Nc2cc(-c3cc4cnccc4c(N4CCN(C(=O)O)CC4)n3)ccn2)CC1. The lowest BCUT2D eigenvalue weighted by atomic mass is 9.87. The van der Waals surface area contributed by atoms with E-state index in [1.807, 2.05) is 24.5 Å². The van der Waals surface area contributed by atoms with Gasteiger partial charge in [0.2, 0.25) is 0 Å². The maximum absolute atomic E-state index is 11.3. The number of rotatable bonds is 4. The molecule has 1 saturated heterocycles. The molecular weight excluding hydrogens is 416 g/mol. The maximum atomic E-state index is 11.3. The summed E-state index contributed by atoms with van der Waals surface area (Å²) in [5, 5.41) is 15.0. The van der Waals surface area contributed by atoms with Crippen LogP contribution in [-0.4, -0.2) is 63.3 Å². The van der Waals surface area contributed by atoms with Gasteiger partial charge < -0.3 is 20.2 Å². The molecule has 2 fully saturated rings. The molecule has 2 aliphatic rings. The molecule has 1 aliphatic carbocycles. The molecule has 0 spiro atoms. The molecule has 5 rings (SSSR count). The van der Waals surface area contributed by atoms with E-state index in [9.17, 15) is 9.90 Å². The highest BCUT2D eigenvalue weighted by Gasteiger charge is 2.23. The molecule has 0 bridgehead atoms. The molecule has 0 radical (unpaired) electrons. The van der Waals surface area contributed by atoms with E-state index in [-0.39, 0.29) is 0 Å². The Kier molecular flexibility index (Phi) is 5.98. The Morgan fingerprint density at radius 1 is 1.06 bits per heavy atom. The fraction of sp³-hybridized carbons (Fsp3) is 0.440. The molecule has 8 heteroatoms. The third-order valence-electron chi connectivity index (χ3n) is 6.88. The van der Waals surface area contributed by atoms with Gasteiger partial charge in [0.1, 0.15) is 11.6 Å². The maximum Gasteiger partial charge on any atom is 0.407 e. The molecule has 3 aromatic heterocycles. The lowest BCUT2D eigenvalue weighted by Crippen LogP contribution is -2.48. The normalized spacial score (nSPS) is 21.2. The average molecular weight is 447 g/mol. The van der Waals surface area contributed by atoms with Gasteiger partial charge >= 0.3 is 6.09 Å². The number of hydrogen-bond acceptors (Lipinski definition) is 6. The van der Waals surface area contributed by atoms with Gasteiger partial charge in [-0.05, 0) is 55.9 Å². The van der Waals surface area contributed by atoms with Gasteiger partial charge in [-0.2, -0.15) is 0 Å². The summed E-state index contributed by atoms with van der Waals surface area (Å²) in [6.07, 6.45) is 9.49. The Hall–Kier alpha value is -3.42. The van der Waals surface area contributed by atoms with Gasteiger partial charge in [0, 0.05) is 67.1 Å². The van der Waals surface area contributed by atoms with Crippen LogP contribution in [0.5, 0.6) is 0 Å². The number of pyridine rings is 3. The zero-order chi connectivity index (χ0) is 22.8. The third kappa shape index (κ3) is 4.69. The van der Waals surface area contributed by atoms with Crippen molar-refractivity contribution < 1.29 is 9.90 Å². The molecule has 2 N–H and O–H groups in total. The number of anilines is 2. The van der Waals surface area contributed by atoms with E-state index in [4.69, 9.17) is 4.98 Å². The monoisotopic (exact) mass is 446 g/mol. The van der Waals surface area contributed by atoms with E-state index in [0.29, 0.717) is 32.2 Å². The van der Waals surface area contributed by atoms with Crippen molar-refractivity contribution in [1.29, 1.82) is 0 Å². The summed E-state index contributed by atoms with van der Waals surface area (Å²) in [5.74, 6) is 2.58. The van der Waals surface area contributed by atoms with Crippen molar-refractivity contribution in [2.24, 2.45) is 5.92 Å². The molecule has 33 heavy (non-hydrogen) atoms. The van der Waals surface area contributed by atoms with Gasteiger partial charge in [0.05, 0.1) is 5.69 Å². The molecule has 8 nitrogen and oxygen atoms in total. The van der Waals surface area contributed by atoms with Crippen molar-refractivity contribution in [2.45, 2.75) is 38.6 Å². The van der Waals surface area contributed by atoms with Gasteiger partial charge in [-0.15, -0.1) is 0 Å². The summed E-state index contributed by atoms with van der Waals surface area (Å²) in [5.41, 5.74) is 1.88. The molecule has 3 aromatic rings. The number of hydrogen-bond donors (Lipinski definition) is 2. The quantitative estimate of drug-likeness (QED) is 0.610. The van der Waals surface area contributed by atoms with Crippen LogP contribution < -0.4 is 10.2 Å². The first-order valence-electron chi connectivity index (χ1n) is 11.8. The number of aromatic nitrogens is 3. The van der Waals surface area contributed by atoms with Crippen molar-refractivity contribution in [3.8, 4) is 11.3 Å². The lowest BCUT2D eigenvalue weighted by Gasteiger charge is -2.34. The van der Waals surface area contributed by atoms with Crippen LogP contribution in [0.3, 0.4) is 0 Å². The zero-order valence-corrected chi connectivity index (χ0v) is 18.9. The Balaban J connectivity index is 1.44. The topological polar surface area (TPSA) is 94.5 Å². The van der Waals surface area contributed by atoms with Crippen molar-refractivity contribution in [3.05, 3.63) is 42.9 Å². The summed E-state index contributed by atoms with van der Waals surface area (Å²) < 4.78 is 0. The highest BCUT2D eigenvalue weighted by Crippen LogP contribution is 2.31. The van der Waals surface area contributed by atoms with Gasteiger partial charge in [0.15, 0.2) is 0 Å². The number of amides is 1. The molecule has 0 atom stereocenters. The number of nitrogens with one attached hydrogen (secondary N) is 1. The molecular formula is C25H30N6O2. The van der Waals surface area contributed by atoms with E-state index >= 15 is 0 Å². The van der Waals surface area contributed by atoms with Gasteiger partial charge in [-0.1, -0.05) is 6.92 Å². The molecule has 1 amide bonds. The number of carboxylic acid groups (broad SMARTS) is 1. The first-order chi connectivity index (χ1) is 16.1.